The lowest BCUT2D eigenvalue weighted by molar-refractivity contribution is 0.384. The second-order valence-corrected chi connectivity index (χ2v) is 2.75. The number of rotatable bonds is 1. The quantitative estimate of drug-likeness (QED) is 0.562. The Hall–Kier alpha value is -0.390. The van der Waals surface area contributed by atoms with Crippen molar-refractivity contribution >= 4 is 22.6 Å². The molecule has 1 aromatic heterocycles. The van der Waals surface area contributed by atoms with Crippen molar-refractivity contribution in [1.82, 2.24) is 4.98 Å². The van der Waals surface area contributed by atoms with Gasteiger partial charge in [0.15, 0.2) is 11.6 Å². The molecule has 10 heavy (non-hydrogen) atoms. The Kier molecular flexibility index (Phi) is 2.42. The Morgan fingerprint density at radius 1 is 1.70 bits per heavy atom. The summed E-state index contributed by atoms with van der Waals surface area (Å²) in [7, 11) is 1.43. The van der Waals surface area contributed by atoms with Crippen LogP contribution in [-0.2, 0) is 0 Å². The molecular formula is C6H5FINO. The minimum absolute atomic E-state index is 0.236. The maximum atomic E-state index is 12.6. The van der Waals surface area contributed by atoms with Gasteiger partial charge in [0, 0.05) is 6.07 Å². The van der Waals surface area contributed by atoms with Crippen LogP contribution in [0.5, 0.6) is 5.75 Å². The summed E-state index contributed by atoms with van der Waals surface area (Å²) < 4.78 is 18.0. The molecule has 54 valence electrons. The van der Waals surface area contributed by atoms with Crippen molar-refractivity contribution in [3.05, 3.63) is 21.8 Å². The molecule has 0 saturated heterocycles. The Balaban J connectivity index is 3.09. The number of methoxy groups -OCH3 is 1. The molecule has 0 bridgehead atoms. The van der Waals surface area contributed by atoms with E-state index in [-0.39, 0.29) is 5.75 Å². The van der Waals surface area contributed by atoms with E-state index < -0.39 is 5.82 Å². The highest BCUT2D eigenvalue weighted by Gasteiger charge is 2.01. The highest BCUT2D eigenvalue weighted by molar-refractivity contribution is 14.1. The van der Waals surface area contributed by atoms with Crippen molar-refractivity contribution in [2.45, 2.75) is 0 Å². The Labute approximate surface area is 71.6 Å². The van der Waals surface area contributed by atoms with Gasteiger partial charge in [-0.3, -0.25) is 0 Å². The number of aromatic nitrogens is 1. The van der Waals surface area contributed by atoms with Crippen molar-refractivity contribution < 1.29 is 9.13 Å². The van der Waals surface area contributed by atoms with Gasteiger partial charge in [-0.15, -0.1) is 0 Å². The monoisotopic (exact) mass is 253 g/mol. The van der Waals surface area contributed by atoms with Gasteiger partial charge in [-0.1, -0.05) is 0 Å². The molecule has 1 aromatic rings. The lowest BCUT2D eigenvalue weighted by Crippen LogP contribution is -1.90. The zero-order chi connectivity index (χ0) is 7.56. The van der Waals surface area contributed by atoms with E-state index in [0.29, 0.717) is 0 Å². The van der Waals surface area contributed by atoms with Crippen LogP contribution in [0.4, 0.5) is 4.39 Å². The smallest absolute Gasteiger partial charge is 0.183 e. The summed E-state index contributed by atoms with van der Waals surface area (Å²) in [5, 5.41) is 0. The van der Waals surface area contributed by atoms with Gasteiger partial charge >= 0.3 is 0 Å². The van der Waals surface area contributed by atoms with Crippen molar-refractivity contribution in [3.8, 4) is 5.75 Å². The summed E-state index contributed by atoms with van der Waals surface area (Å²) in [4.78, 5) is 3.72. The molecule has 0 fully saturated rings. The largest absolute Gasteiger partial charge is 0.494 e. The first-order valence-corrected chi connectivity index (χ1v) is 3.67. The lowest BCUT2D eigenvalue weighted by atomic mass is 10.4. The van der Waals surface area contributed by atoms with Crippen LogP contribution in [0.1, 0.15) is 0 Å². The van der Waals surface area contributed by atoms with E-state index in [1.165, 1.54) is 13.2 Å². The molecule has 4 heteroatoms. The highest BCUT2D eigenvalue weighted by Crippen LogP contribution is 2.16. The standard InChI is InChI=1S/C6H5FINO/c1-10-5-2-6(8)9-3-4(5)7/h2-3H,1H3. The molecule has 2 nitrogen and oxygen atoms in total. The summed E-state index contributed by atoms with van der Waals surface area (Å²) in [6.07, 6.45) is 1.14. The Morgan fingerprint density at radius 3 is 2.90 bits per heavy atom. The average Bonchev–Trinajstić information content (AvgIpc) is 1.94. The third kappa shape index (κ3) is 1.56. The van der Waals surface area contributed by atoms with Gasteiger partial charge in [-0.05, 0) is 22.6 Å². The number of ether oxygens (including phenoxy) is 1. The van der Waals surface area contributed by atoms with Crippen LogP contribution in [0.2, 0.25) is 0 Å². The van der Waals surface area contributed by atoms with Gasteiger partial charge in [0.25, 0.3) is 0 Å². The molecule has 0 aromatic carbocycles. The number of pyridine rings is 1. The van der Waals surface area contributed by atoms with Gasteiger partial charge < -0.3 is 4.74 Å². The molecule has 0 amide bonds. The van der Waals surface area contributed by atoms with Gasteiger partial charge in [0.2, 0.25) is 0 Å². The van der Waals surface area contributed by atoms with E-state index in [0.717, 1.165) is 9.90 Å². The molecule has 1 heterocycles. The van der Waals surface area contributed by atoms with Crippen LogP contribution in [0.15, 0.2) is 12.3 Å². The van der Waals surface area contributed by atoms with Gasteiger partial charge in [0.05, 0.1) is 13.3 Å². The third-order valence-electron chi connectivity index (χ3n) is 1.01. The van der Waals surface area contributed by atoms with Crippen molar-refractivity contribution in [1.29, 1.82) is 0 Å². The van der Waals surface area contributed by atoms with Crippen LogP contribution in [-0.4, -0.2) is 12.1 Å². The number of hydrogen-bond acceptors (Lipinski definition) is 2. The zero-order valence-corrected chi connectivity index (χ0v) is 7.42. The average molecular weight is 253 g/mol. The summed E-state index contributed by atoms with van der Waals surface area (Å²) in [6, 6.07) is 1.54. The second kappa shape index (κ2) is 3.14. The Morgan fingerprint density at radius 2 is 2.40 bits per heavy atom. The van der Waals surface area contributed by atoms with E-state index >= 15 is 0 Å². The number of hydrogen-bond donors (Lipinski definition) is 0. The van der Waals surface area contributed by atoms with E-state index in [2.05, 4.69) is 4.98 Å². The van der Waals surface area contributed by atoms with E-state index in [1.54, 1.807) is 0 Å². The first kappa shape index (κ1) is 7.71. The van der Waals surface area contributed by atoms with Gasteiger partial charge in [-0.25, -0.2) is 9.37 Å². The predicted molar refractivity (Wildman–Crippen MR) is 43.5 cm³/mol. The molecule has 0 aliphatic carbocycles. The van der Waals surface area contributed by atoms with E-state index in [9.17, 15) is 4.39 Å². The zero-order valence-electron chi connectivity index (χ0n) is 5.27. The van der Waals surface area contributed by atoms with Gasteiger partial charge in [0.1, 0.15) is 3.70 Å². The normalized spacial score (nSPS) is 9.50. The van der Waals surface area contributed by atoms with Gasteiger partial charge in [-0.2, -0.15) is 0 Å². The van der Waals surface area contributed by atoms with Crippen LogP contribution >= 0.6 is 22.6 Å². The maximum absolute atomic E-state index is 12.6. The third-order valence-corrected chi connectivity index (χ3v) is 1.60. The molecule has 0 N–H and O–H groups in total. The molecule has 0 saturated carbocycles. The van der Waals surface area contributed by atoms with Crippen LogP contribution in [0.25, 0.3) is 0 Å². The van der Waals surface area contributed by atoms with E-state index in [1.807, 2.05) is 22.6 Å². The van der Waals surface area contributed by atoms with E-state index in [4.69, 9.17) is 4.74 Å². The number of halogens is 2. The number of nitrogens with zero attached hydrogens (tertiary/aromatic N) is 1. The lowest BCUT2D eigenvalue weighted by Gasteiger charge is -1.99. The fourth-order valence-electron chi connectivity index (χ4n) is 0.553. The molecule has 0 unspecified atom stereocenters. The minimum atomic E-state index is -0.428. The highest BCUT2D eigenvalue weighted by atomic mass is 127. The topological polar surface area (TPSA) is 22.1 Å². The van der Waals surface area contributed by atoms with Crippen LogP contribution < -0.4 is 4.74 Å². The van der Waals surface area contributed by atoms with Crippen LogP contribution in [0, 0.1) is 9.52 Å². The molecule has 0 aliphatic rings. The summed E-state index contributed by atoms with van der Waals surface area (Å²) in [5.41, 5.74) is 0. The molecule has 0 spiro atoms. The molecule has 0 atom stereocenters. The predicted octanol–water partition coefficient (Wildman–Crippen LogP) is 1.83. The minimum Gasteiger partial charge on any atom is -0.494 e. The summed E-state index contributed by atoms with van der Waals surface area (Å²) >= 11 is 1.99. The fourth-order valence-corrected chi connectivity index (χ4v) is 0.975. The van der Waals surface area contributed by atoms with Crippen LogP contribution in [0.3, 0.4) is 0 Å². The van der Waals surface area contributed by atoms with Crippen molar-refractivity contribution in [3.63, 3.8) is 0 Å². The Bertz CT molecular complexity index is 241. The first-order chi connectivity index (χ1) is 4.74. The second-order valence-electron chi connectivity index (χ2n) is 1.64. The van der Waals surface area contributed by atoms with Crippen molar-refractivity contribution in [2.24, 2.45) is 0 Å². The molecule has 0 radical (unpaired) electrons. The van der Waals surface area contributed by atoms with Crippen molar-refractivity contribution in [2.75, 3.05) is 7.11 Å². The molecule has 0 aliphatic heterocycles. The first-order valence-electron chi connectivity index (χ1n) is 2.59. The molecular weight excluding hydrogens is 248 g/mol. The summed E-state index contributed by atoms with van der Waals surface area (Å²) in [6.45, 7) is 0. The molecule has 1 rings (SSSR count). The fraction of sp³-hybridized carbons (Fsp3) is 0.167. The summed E-state index contributed by atoms with van der Waals surface area (Å²) in [5.74, 6) is -0.192. The maximum Gasteiger partial charge on any atom is 0.183 e. The SMILES string of the molecule is COc1cc(I)ncc1F.